The average Bonchev–Trinajstić information content (AvgIpc) is 2.46. The van der Waals surface area contributed by atoms with Crippen LogP contribution in [0.4, 0.5) is 0 Å². The van der Waals surface area contributed by atoms with Gasteiger partial charge < -0.3 is 5.73 Å². The van der Waals surface area contributed by atoms with Crippen molar-refractivity contribution in [3.63, 3.8) is 0 Å². The first-order valence-electron chi connectivity index (χ1n) is 6.30. The van der Waals surface area contributed by atoms with Gasteiger partial charge in [0.1, 0.15) is 0 Å². The van der Waals surface area contributed by atoms with Gasteiger partial charge in [-0.15, -0.1) is 0 Å². The van der Waals surface area contributed by atoms with Gasteiger partial charge in [-0.2, -0.15) is 0 Å². The van der Waals surface area contributed by atoms with Crippen molar-refractivity contribution < 1.29 is 0 Å². The molecule has 2 rings (SSSR count). The van der Waals surface area contributed by atoms with E-state index in [4.69, 9.17) is 5.73 Å². The minimum atomic E-state index is 0.454. The molecule has 0 aromatic carbocycles. The zero-order chi connectivity index (χ0) is 9.97. The summed E-state index contributed by atoms with van der Waals surface area (Å²) in [4.78, 5) is 2.70. The molecule has 1 aliphatic carbocycles. The van der Waals surface area contributed by atoms with E-state index in [0.29, 0.717) is 12.1 Å². The Morgan fingerprint density at radius 3 is 2.57 bits per heavy atom. The minimum Gasteiger partial charge on any atom is -0.326 e. The molecule has 2 N–H and O–H groups in total. The Morgan fingerprint density at radius 1 is 1.00 bits per heavy atom. The molecule has 0 aromatic rings. The van der Waals surface area contributed by atoms with Gasteiger partial charge in [0.2, 0.25) is 0 Å². The Labute approximate surface area is 87.8 Å². The molecule has 2 heteroatoms. The highest BCUT2D eigenvalue weighted by atomic mass is 15.2. The molecule has 3 atom stereocenters. The molecule has 1 saturated carbocycles. The maximum absolute atomic E-state index is 6.18. The highest BCUT2D eigenvalue weighted by molar-refractivity contribution is 4.90. The Morgan fingerprint density at radius 2 is 1.86 bits per heavy atom. The molecule has 14 heavy (non-hydrogen) atoms. The molecule has 0 bridgehead atoms. The Bertz CT molecular complexity index is 181. The maximum atomic E-state index is 6.18. The lowest BCUT2D eigenvalue weighted by molar-refractivity contribution is 0.138. The summed E-state index contributed by atoms with van der Waals surface area (Å²) >= 11 is 0. The molecule has 0 aromatic heterocycles. The topological polar surface area (TPSA) is 29.3 Å². The maximum Gasteiger partial charge on any atom is 0.0250 e. The Hall–Kier alpha value is -0.0800. The second kappa shape index (κ2) is 4.63. The van der Waals surface area contributed by atoms with Gasteiger partial charge in [-0.05, 0) is 39.2 Å². The van der Waals surface area contributed by atoms with Crippen molar-refractivity contribution in [1.29, 1.82) is 0 Å². The summed E-state index contributed by atoms with van der Waals surface area (Å²) in [7, 11) is 0. The van der Waals surface area contributed by atoms with Gasteiger partial charge in [-0.25, -0.2) is 0 Å². The van der Waals surface area contributed by atoms with Crippen LogP contribution in [-0.4, -0.2) is 29.6 Å². The first-order chi connectivity index (χ1) is 6.79. The summed E-state index contributed by atoms with van der Waals surface area (Å²) in [5.41, 5.74) is 6.18. The monoisotopic (exact) mass is 196 g/mol. The third-order valence-corrected chi connectivity index (χ3v) is 4.06. The van der Waals surface area contributed by atoms with Gasteiger partial charge in [-0.1, -0.05) is 19.3 Å². The van der Waals surface area contributed by atoms with E-state index in [9.17, 15) is 0 Å². The Balaban J connectivity index is 1.99. The second-order valence-electron chi connectivity index (χ2n) is 5.10. The van der Waals surface area contributed by atoms with Crippen molar-refractivity contribution in [3.05, 3.63) is 0 Å². The van der Waals surface area contributed by atoms with Crippen LogP contribution >= 0.6 is 0 Å². The van der Waals surface area contributed by atoms with Crippen molar-refractivity contribution in [3.8, 4) is 0 Å². The summed E-state index contributed by atoms with van der Waals surface area (Å²) < 4.78 is 0. The van der Waals surface area contributed by atoms with Crippen molar-refractivity contribution in [2.45, 2.75) is 70.0 Å². The van der Waals surface area contributed by atoms with E-state index in [1.807, 2.05) is 0 Å². The largest absolute Gasteiger partial charge is 0.326 e. The number of hydrogen-bond acceptors (Lipinski definition) is 2. The van der Waals surface area contributed by atoms with Crippen LogP contribution in [-0.2, 0) is 0 Å². The van der Waals surface area contributed by atoms with E-state index in [1.54, 1.807) is 0 Å². The summed E-state index contributed by atoms with van der Waals surface area (Å²) in [5, 5.41) is 0. The Kier molecular flexibility index (Phi) is 3.45. The van der Waals surface area contributed by atoms with Gasteiger partial charge in [0, 0.05) is 18.1 Å². The highest BCUT2D eigenvalue weighted by Gasteiger charge is 2.32. The van der Waals surface area contributed by atoms with Crippen LogP contribution in [0.15, 0.2) is 0 Å². The van der Waals surface area contributed by atoms with Gasteiger partial charge in [-0.3, -0.25) is 4.90 Å². The van der Waals surface area contributed by atoms with Gasteiger partial charge in [0.15, 0.2) is 0 Å². The summed E-state index contributed by atoms with van der Waals surface area (Å²) in [6, 6.07) is 1.92. The van der Waals surface area contributed by atoms with Crippen LogP contribution in [0.25, 0.3) is 0 Å². The number of rotatable bonds is 1. The first-order valence-corrected chi connectivity index (χ1v) is 6.30. The molecule has 0 amide bonds. The van der Waals surface area contributed by atoms with Crippen LogP contribution in [0.2, 0.25) is 0 Å². The van der Waals surface area contributed by atoms with Crippen molar-refractivity contribution >= 4 is 0 Å². The van der Waals surface area contributed by atoms with Crippen molar-refractivity contribution in [2.24, 2.45) is 5.73 Å². The fourth-order valence-corrected chi connectivity index (χ4v) is 3.17. The quantitative estimate of drug-likeness (QED) is 0.696. The van der Waals surface area contributed by atoms with E-state index >= 15 is 0 Å². The number of likely N-dealkylation sites (tertiary alicyclic amines) is 1. The SMILES string of the molecule is CC1CCCCCN1C1CCCC1N. The van der Waals surface area contributed by atoms with Crippen LogP contribution in [0, 0.1) is 0 Å². The van der Waals surface area contributed by atoms with Crippen LogP contribution in [0.1, 0.15) is 51.9 Å². The molecule has 2 nitrogen and oxygen atoms in total. The van der Waals surface area contributed by atoms with Crippen molar-refractivity contribution in [1.82, 2.24) is 4.90 Å². The molecule has 0 spiro atoms. The lowest BCUT2D eigenvalue weighted by Gasteiger charge is -2.35. The fraction of sp³-hybridized carbons (Fsp3) is 1.00. The molecular formula is C12H24N2. The van der Waals surface area contributed by atoms with E-state index in [1.165, 1.54) is 51.5 Å². The molecule has 1 aliphatic heterocycles. The van der Waals surface area contributed by atoms with Crippen molar-refractivity contribution in [2.75, 3.05) is 6.54 Å². The fourth-order valence-electron chi connectivity index (χ4n) is 3.17. The van der Waals surface area contributed by atoms with Gasteiger partial charge in [0.25, 0.3) is 0 Å². The van der Waals surface area contributed by atoms with Gasteiger partial charge >= 0.3 is 0 Å². The molecule has 3 unspecified atom stereocenters. The molecule has 2 fully saturated rings. The third-order valence-electron chi connectivity index (χ3n) is 4.06. The normalized spacial score (nSPS) is 41.1. The third kappa shape index (κ3) is 2.12. The molecule has 1 heterocycles. The molecule has 1 saturated heterocycles. The number of nitrogens with zero attached hydrogens (tertiary/aromatic N) is 1. The summed E-state index contributed by atoms with van der Waals surface area (Å²) in [5.74, 6) is 0. The average molecular weight is 196 g/mol. The molecule has 82 valence electrons. The summed E-state index contributed by atoms with van der Waals surface area (Å²) in [6.45, 7) is 3.68. The zero-order valence-electron chi connectivity index (χ0n) is 9.41. The van der Waals surface area contributed by atoms with E-state index in [-0.39, 0.29) is 0 Å². The van der Waals surface area contributed by atoms with E-state index < -0.39 is 0 Å². The number of hydrogen-bond donors (Lipinski definition) is 1. The highest BCUT2D eigenvalue weighted by Crippen LogP contribution is 2.28. The van der Waals surface area contributed by atoms with E-state index in [2.05, 4.69) is 11.8 Å². The lowest BCUT2D eigenvalue weighted by Crippen LogP contribution is -2.48. The predicted octanol–water partition coefficient (Wildman–Crippen LogP) is 2.13. The lowest BCUT2D eigenvalue weighted by atomic mass is 10.1. The second-order valence-corrected chi connectivity index (χ2v) is 5.10. The minimum absolute atomic E-state index is 0.454. The smallest absolute Gasteiger partial charge is 0.0250 e. The van der Waals surface area contributed by atoms with Crippen LogP contribution < -0.4 is 5.73 Å². The number of nitrogens with two attached hydrogens (primary N) is 1. The predicted molar refractivity (Wildman–Crippen MR) is 60.3 cm³/mol. The van der Waals surface area contributed by atoms with Crippen LogP contribution in [0.3, 0.4) is 0 Å². The van der Waals surface area contributed by atoms with Gasteiger partial charge in [0.05, 0.1) is 0 Å². The molecular weight excluding hydrogens is 172 g/mol. The standard InChI is InChI=1S/C12H24N2/c1-10-6-3-2-4-9-14(10)12-8-5-7-11(12)13/h10-12H,2-9,13H2,1H3. The van der Waals surface area contributed by atoms with E-state index in [0.717, 1.165) is 6.04 Å². The molecule has 2 aliphatic rings. The first kappa shape index (κ1) is 10.4. The van der Waals surface area contributed by atoms with Crippen LogP contribution in [0.5, 0.6) is 0 Å². The summed E-state index contributed by atoms with van der Waals surface area (Å²) in [6.07, 6.45) is 9.52. The zero-order valence-corrected chi connectivity index (χ0v) is 9.41. The molecule has 0 radical (unpaired) electrons.